The van der Waals surface area contributed by atoms with Gasteiger partial charge in [0.05, 0.1) is 0 Å². The maximum atomic E-state index is 6.08. The highest BCUT2D eigenvalue weighted by molar-refractivity contribution is 6.29. The summed E-state index contributed by atoms with van der Waals surface area (Å²) in [5.74, 6) is 3.75. The van der Waals surface area contributed by atoms with E-state index in [1.165, 1.54) is 25.7 Å². The summed E-state index contributed by atoms with van der Waals surface area (Å²) in [6, 6.07) is 2.46. The Kier molecular flexibility index (Phi) is 3.18. The summed E-state index contributed by atoms with van der Waals surface area (Å²) in [5.41, 5.74) is 0. The first-order valence-corrected chi connectivity index (χ1v) is 7.32. The van der Waals surface area contributed by atoms with E-state index in [2.05, 4.69) is 29.1 Å². The Bertz CT molecular complexity index is 427. The molecule has 2 aliphatic rings. The predicted molar refractivity (Wildman–Crippen MR) is 74.0 cm³/mol. The number of aromatic nitrogens is 2. The Morgan fingerprint density at radius 1 is 1.17 bits per heavy atom. The molecule has 2 saturated carbocycles. The van der Waals surface area contributed by atoms with Crippen LogP contribution in [-0.4, -0.2) is 16.0 Å². The Hall–Kier alpha value is -0.830. The van der Waals surface area contributed by atoms with Gasteiger partial charge < -0.3 is 5.32 Å². The molecule has 98 valence electrons. The molecule has 0 aromatic carbocycles. The summed E-state index contributed by atoms with van der Waals surface area (Å²) < 4.78 is 0. The fourth-order valence-electron chi connectivity index (χ4n) is 2.47. The molecular weight excluding hydrogens is 246 g/mol. The lowest BCUT2D eigenvalue weighted by Gasteiger charge is -2.19. The van der Waals surface area contributed by atoms with E-state index >= 15 is 0 Å². The molecule has 0 spiro atoms. The van der Waals surface area contributed by atoms with Crippen molar-refractivity contribution in [1.82, 2.24) is 9.97 Å². The van der Waals surface area contributed by atoms with Gasteiger partial charge in [0.1, 0.15) is 16.8 Å². The molecule has 1 aromatic heterocycles. The van der Waals surface area contributed by atoms with Crippen molar-refractivity contribution in [1.29, 1.82) is 0 Å². The third-order valence-corrected chi connectivity index (χ3v) is 4.00. The Morgan fingerprint density at radius 3 is 2.28 bits per heavy atom. The maximum absolute atomic E-state index is 6.08. The molecule has 1 N–H and O–H groups in total. The topological polar surface area (TPSA) is 37.8 Å². The van der Waals surface area contributed by atoms with Gasteiger partial charge in [-0.1, -0.05) is 25.4 Å². The second kappa shape index (κ2) is 4.69. The molecule has 0 unspecified atom stereocenters. The minimum atomic E-state index is 0.310. The molecular formula is C14H20ClN3. The van der Waals surface area contributed by atoms with Crippen molar-refractivity contribution < 1.29 is 0 Å². The lowest BCUT2D eigenvalue weighted by molar-refractivity contribution is 0.564. The summed E-state index contributed by atoms with van der Waals surface area (Å²) >= 11 is 6.08. The normalized spacial score (nSPS) is 19.6. The molecule has 0 bridgehead atoms. The Morgan fingerprint density at radius 2 is 1.78 bits per heavy atom. The van der Waals surface area contributed by atoms with Crippen molar-refractivity contribution in [3.05, 3.63) is 17.0 Å². The molecule has 2 fully saturated rings. The summed E-state index contributed by atoms with van der Waals surface area (Å²) in [6.45, 7) is 4.18. The van der Waals surface area contributed by atoms with E-state index in [9.17, 15) is 0 Å². The molecule has 0 aliphatic heterocycles. The van der Waals surface area contributed by atoms with Crippen molar-refractivity contribution in [2.24, 2.45) is 11.8 Å². The van der Waals surface area contributed by atoms with E-state index in [-0.39, 0.29) is 0 Å². The Balaban J connectivity index is 1.78. The number of hydrogen-bond donors (Lipinski definition) is 1. The van der Waals surface area contributed by atoms with Gasteiger partial charge in [-0.3, -0.25) is 0 Å². The number of halogens is 1. The molecule has 0 saturated heterocycles. The van der Waals surface area contributed by atoms with Crippen molar-refractivity contribution >= 4 is 17.4 Å². The van der Waals surface area contributed by atoms with E-state index in [0.717, 1.165) is 23.5 Å². The maximum Gasteiger partial charge on any atom is 0.135 e. The third-order valence-electron chi connectivity index (χ3n) is 3.80. The lowest BCUT2D eigenvalue weighted by atomic mass is 10.1. The molecule has 3 nitrogen and oxygen atoms in total. The second-order valence-corrected chi connectivity index (χ2v) is 6.32. The van der Waals surface area contributed by atoms with Crippen LogP contribution >= 0.6 is 11.6 Å². The number of nitrogens with zero attached hydrogens (tertiary/aromatic N) is 2. The van der Waals surface area contributed by atoms with E-state index in [0.29, 0.717) is 17.1 Å². The second-order valence-electron chi connectivity index (χ2n) is 5.93. The zero-order valence-electron chi connectivity index (χ0n) is 11.0. The van der Waals surface area contributed by atoms with Gasteiger partial charge in [-0.25, -0.2) is 9.97 Å². The third kappa shape index (κ3) is 2.77. The molecule has 18 heavy (non-hydrogen) atoms. The van der Waals surface area contributed by atoms with Crippen LogP contribution < -0.4 is 5.32 Å². The largest absolute Gasteiger partial charge is 0.367 e. The molecule has 1 heterocycles. The molecule has 4 heteroatoms. The van der Waals surface area contributed by atoms with E-state index in [4.69, 9.17) is 11.6 Å². The van der Waals surface area contributed by atoms with Crippen LogP contribution in [0.3, 0.4) is 0 Å². The molecule has 0 amide bonds. The highest BCUT2D eigenvalue weighted by atomic mass is 35.5. The zero-order chi connectivity index (χ0) is 12.7. The highest BCUT2D eigenvalue weighted by Gasteiger charge is 2.41. The van der Waals surface area contributed by atoms with Gasteiger partial charge in [-0.05, 0) is 37.5 Å². The van der Waals surface area contributed by atoms with Crippen molar-refractivity contribution in [2.45, 2.75) is 51.5 Å². The fraction of sp³-hybridized carbons (Fsp3) is 0.714. The van der Waals surface area contributed by atoms with Crippen LogP contribution in [0.4, 0.5) is 5.82 Å². The van der Waals surface area contributed by atoms with Crippen LogP contribution in [0.15, 0.2) is 6.07 Å². The monoisotopic (exact) mass is 265 g/mol. The van der Waals surface area contributed by atoms with Gasteiger partial charge in [0, 0.05) is 18.0 Å². The lowest BCUT2D eigenvalue weighted by Crippen LogP contribution is -2.25. The molecule has 0 atom stereocenters. The predicted octanol–water partition coefficient (Wildman–Crippen LogP) is 3.85. The van der Waals surface area contributed by atoms with Crippen molar-refractivity contribution in [2.75, 3.05) is 5.32 Å². The minimum Gasteiger partial charge on any atom is -0.367 e. The van der Waals surface area contributed by atoms with Crippen LogP contribution in [0.5, 0.6) is 0 Å². The highest BCUT2D eigenvalue weighted by Crippen LogP contribution is 2.45. The summed E-state index contributed by atoms with van der Waals surface area (Å²) in [7, 11) is 0. The van der Waals surface area contributed by atoms with Crippen LogP contribution in [0.25, 0.3) is 0 Å². The first-order valence-electron chi connectivity index (χ1n) is 6.94. The first kappa shape index (κ1) is 12.2. The molecule has 0 radical (unpaired) electrons. The molecule has 2 aliphatic carbocycles. The van der Waals surface area contributed by atoms with Gasteiger partial charge in [0.25, 0.3) is 0 Å². The van der Waals surface area contributed by atoms with Gasteiger partial charge in [-0.2, -0.15) is 0 Å². The van der Waals surface area contributed by atoms with E-state index in [1.54, 1.807) is 0 Å². The average Bonchev–Trinajstić information content (AvgIpc) is 3.16. The van der Waals surface area contributed by atoms with Gasteiger partial charge in [0.2, 0.25) is 0 Å². The van der Waals surface area contributed by atoms with E-state index < -0.39 is 0 Å². The van der Waals surface area contributed by atoms with Gasteiger partial charge in [-0.15, -0.1) is 0 Å². The summed E-state index contributed by atoms with van der Waals surface area (Å²) in [4.78, 5) is 8.86. The van der Waals surface area contributed by atoms with Crippen LogP contribution in [-0.2, 0) is 0 Å². The van der Waals surface area contributed by atoms with Crippen molar-refractivity contribution in [3.63, 3.8) is 0 Å². The van der Waals surface area contributed by atoms with Crippen LogP contribution in [0, 0.1) is 11.8 Å². The molecule has 3 rings (SSSR count). The Labute approximate surface area is 113 Å². The SMILES string of the molecule is CC(C)c1nc(Cl)cc(NC(C2CC2)C2CC2)n1. The number of hydrogen-bond acceptors (Lipinski definition) is 3. The number of rotatable bonds is 5. The van der Waals surface area contributed by atoms with E-state index in [1.807, 2.05) is 6.07 Å². The zero-order valence-corrected chi connectivity index (χ0v) is 11.7. The van der Waals surface area contributed by atoms with Gasteiger partial charge >= 0.3 is 0 Å². The quantitative estimate of drug-likeness (QED) is 0.822. The van der Waals surface area contributed by atoms with Crippen LogP contribution in [0.1, 0.15) is 51.3 Å². The smallest absolute Gasteiger partial charge is 0.135 e. The summed E-state index contributed by atoms with van der Waals surface area (Å²) in [5, 5.41) is 4.15. The first-order chi connectivity index (χ1) is 8.63. The molecule has 1 aromatic rings. The van der Waals surface area contributed by atoms with Crippen LogP contribution in [0.2, 0.25) is 5.15 Å². The number of anilines is 1. The minimum absolute atomic E-state index is 0.310. The fourth-order valence-corrected chi connectivity index (χ4v) is 2.66. The standard InChI is InChI=1S/C14H20ClN3/c1-8(2)14-16-11(15)7-12(18-14)17-13(9-3-4-9)10-5-6-10/h7-10,13H,3-6H2,1-2H3,(H,16,17,18). The van der Waals surface area contributed by atoms with Crippen molar-refractivity contribution in [3.8, 4) is 0 Å². The number of nitrogens with one attached hydrogen (secondary N) is 1. The summed E-state index contributed by atoms with van der Waals surface area (Å²) in [6.07, 6.45) is 5.46. The van der Waals surface area contributed by atoms with Gasteiger partial charge in [0.15, 0.2) is 0 Å². The average molecular weight is 266 g/mol.